The van der Waals surface area contributed by atoms with Crippen molar-refractivity contribution < 1.29 is 23.7 Å². The summed E-state index contributed by atoms with van der Waals surface area (Å²) >= 11 is 6.07. The minimum absolute atomic E-state index is 0.318. The number of hydrogen-bond donors (Lipinski definition) is 2. The van der Waals surface area contributed by atoms with Gasteiger partial charge >= 0.3 is 5.91 Å². The first-order valence-electron chi connectivity index (χ1n) is 10.3. The number of carbonyl (C=O) groups excluding carboxylic acids is 2. The Morgan fingerprint density at radius 2 is 1.52 bits per heavy atom. The summed E-state index contributed by atoms with van der Waals surface area (Å²) in [4.78, 5) is 25.9. The third-order valence-corrected chi connectivity index (χ3v) is 5.64. The average Bonchev–Trinajstić information content (AvgIpc) is 3.14. The lowest BCUT2D eigenvalue weighted by Crippen LogP contribution is -2.42. The maximum atomic E-state index is 12.9. The van der Waals surface area contributed by atoms with Crippen molar-refractivity contribution in [2.45, 2.75) is 12.1 Å². The molecule has 2 N–H and O–H groups in total. The van der Waals surface area contributed by atoms with Crippen LogP contribution in [0.5, 0.6) is 11.5 Å². The van der Waals surface area contributed by atoms with E-state index < -0.39 is 12.1 Å². The number of nitrogens with zero attached hydrogens (tertiary/aromatic N) is 1. The molecule has 168 valence electrons. The fraction of sp³-hybridized carbons (Fsp3) is 0.160. The Hall–Kier alpha value is -3.84. The number of ether oxygens (including phenoxy) is 2. The lowest BCUT2D eigenvalue weighted by Gasteiger charge is -2.15. The highest BCUT2D eigenvalue weighted by Gasteiger charge is 2.47. The molecule has 33 heavy (non-hydrogen) atoms. The van der Waals surface area contributed by atoms with E-state index >= 15 is 0 Å². The fourth-order valence-electron chi connectivity index (χ4n) is 3.66. The van der Waals surface area contributed by atoms with Crippen LogP contribution in [0.2, 0.25) is 5.02 Å². The monoisotopic (exact) mass is 464 g/mol. The topological polar surface area (TPSA) is 79.7 Å². The molecule has 4 rings (SSSR count). The minimum atomic E-state index is -0.824. The van der Waals surface area contributed by atoms with Crippen LogP contribution in [0.3, 0.4) is 0 Å². The molecule has 1 heterocycles. The molecular formula is C25H23ClN3O4+. The normalized spacial score (nSPS) is 18.6. The molecule has 2 amide bonds. The van der Waals surface area contributed by atoms with Crippen LogP contribution in [0, 0.1) is 0 Å². The van der Waals surface area contributed by atoms with E-state index in [1.807, 2.05) is 42.6 Å². The van der Waals surface area contributed by atoms with Gasteiger partial charge in [-0.05, 0) is 60.7 Å². The van der Waals surface area contributed by atoms with E-state index in [2.05, 4.69) is 10.7 Å². The van der Waals surface area contributed by atoms with Crippen molar-refractivity contribution in [2.24, 2.45) is 0 Å². The second kappa shape index (κ2) is 9.75. The Morgan fingerprint density at radius 1 is 0.939 bits per heavy atom. The molecule has 1 fully saturated rings. The van der Waals surface area contributed by atoms with Gasteiger partial charge in [0.15, 0.2) is 6.04 Å². The van der Waals surface area contributed by atoms with Gasteiger partial charge in [0, 0.05) is 21.7 Å². The molecule has 0 saturated carbocycles. The van der Waals surface area contributed by atoms with E-state index in [4.69, 9.17) is 21.1 Å². The number of methoxy groups -OCH3 is 2. The van der Waals surface area contributed by atoms with Crippen LogP contribution in [0.25, 0.3) is 0 Å². The van der Waals surface area contributed by atoms with Crippen LogP contribution in [-0.2, 0) is 4.79 Å². The summed E-state index contributed by atoms with van der Waals surface area (Å²) in [5.41, 5.74) is 4.97. The van der Waals surface area contributed by atoms with E-state index in [9.17, 15) is 9.59 Å². The average molecular weight is 465 g/mol. The zero-order chi connectivity index (χ0) is 23.4. The third kappa shape index (κ3) is 4.99. The second-order valence-corrected chi connectivity index (χ2v) is 7.90. The Morgan fingerprint density at radius 3 is 2.09 bits per heavy atom. The third-order valence-electron chi connectivity index (χ3n) is 5.39. The highest BCUT2D eigenvalue weighted by molar-refractivity contribution is 6.30. The van der Waals surface area contributed by atoms with E-state index in [0.29, 0.717) is 16.3 Å². The van der Waals surface area contributed by atoms with Gasteiger partial charge in [0.1, 0.15) is 11.5 Å². The first-order valence-corrected chi connectivity index (χ1v) is 10.6. The zero-order valence-corrected chi connectivity index (χ0v) is 18.9. The molecule has 1 aliphatic heterocycles. The summed E-state index contributed by atoms with van der Waals surface area (Å²) in [7, 11) is 3.16. The highest BCUT2D eigenvalue weighted by atomic mass is 35.5. The van der Waals surface area contributed by atoms with Gasteiger partial charge in [-0.1, -0.05) is 23.7 Å². The summed E-state index contributed by atoms with van der Waals surface area (Å²) in [6, 6.07) is 20.0. The number of hydrazone groups is 1. The van der Waals surface area contributed by atoms with Crippen molar-refractivity contribution in [1.29, 1.82) is 0 Å². The van der Waals surface area contributed by atoms with Crippen molar-refractivity contribution in [1.82, 2.24) is 10.7 Å². The summed E-state index contributed by atoms with van der Waals surface area (Å²) in [6.07, 6.45) is 1.82. The Bertz CT molecular complexity index is 1180. The van der Waals surface area contributed by atoms with Gasteiger partial charge in [-0.2, -0.15) is 0 Å². The molecule has 0 aromatic heterocycles. The van der Waals surface area contributed by atoms with Crippen LogP contribution in [0.15, 0.2) is 72.8 Å². The molecule has 3 aromatic rings. The van der Waals surface area contributed by atoms with Crippen LogP contribution in [-0.4, -0.2) is 43.0 Å². The number of hydrogen-bond acceptors (Lipinski definition) is 4. The number of halogens is 1. The molecule has 1 aliphatic rings. The molecule has 0 spiro atoms. The van der Waals surface area contributed by atoms with Crippen molar-refractivity contribution in [3.63, 3.8) is 0 Å². The lowest BCUT2D eigenvalue weighted by atomic mass is 9.99. The largest absolute Gasteiger partial charge is 0.497 e. The van der Waals surface area contributed by atoms with Crippen molar-refractivity contribution in [3.05, 3.63) is 94.5 Å². The molecule has 0 unspecified atom stereocenters. The van der Waals surface area contributed by atoms with Gasteiger partial charge in [0.25, 0.3) is 5.91 Å². The fourth-order valence-corrected chi connectivity index (χ4v) is 3.78. The molecule has 0 radical (unpaired) electrons. The maximum Gasteiger partial charge on any atom is 0.304 e. The first kappa shape index (κ1) is 22.4. The predicted octanol–water partition coefficient (Wildman–Crippen LogP) is 3.37. The van der Waals surface area contributed by atoms with Crippen molar-refractivity contribution in [3.8, 4) is 11.5 Å². The van der Waals surface area contributed by atoms with E-state index in [-0.39, 0.29) is 11.8 Å². The number of benzene rings is 3. The molecule has 0 aliphatic carbocycles. The van der Waals surface area contributed by atoms with Crippen LogP contribution < -0.4 is 20.2 Å². The molecule has 3 aromatic carbocycles. The van der Waals surface area contributed by atoms with Crippen molar-refractivity contribution in [2.75, 3.05) is 14.2 Å². The Balaban J connectivity index is 1.66. The van der Waals surface area contributed by atoms with Gasteiger partial charge in [-0.15, -0.1) is 10.1 Å². The van der Waals surface area contributed by atoms with Gasteiger partial charge in [-0.25, -0.2) is 0 Å². The smallest absolute Gasteiger partial charge is 0.304 e. The number of amides is 2. The van der Waals surface area contributed by atoms with Crippen LogP contribution in [0.1, 0.15) is 27.5 Å². The van der Waals surface area contributed by atoms with Gasteiger partial charge in [0.05, 0.1) is 14.2 Å². The molecule has 2 atom stereocenters. The highest BCUT2D eigenvalue weighted by Crippen LogP contribution is 2.27. The lowest BCUT2D eigenvalue weighted by molar-refractivity contribution is -0.596. The summed E-state index contributed by atoms with van der Waals surface area (Å²) in [5.74, 6) is 0.700. The van der Waals surface area contributed by atoms with E-state index in [0.717, 1.165) is 16.9 Å². The van der Waals surface area contributed by atoms with Gasteiger partial charge in [0.2, 0.25) is 12.3 Å². The standard InChI is InChI=1S/C25H22ClN3O4/c1-32-20-11-3-16(4-12-20)15-29-23(17-5-9-19(26)10-6-17)22(25(31)28-29)27-24(30)18-7-13-21(33-2)14-8-18/h3-15,22-23H,1-2H3,(H-,27,28,30,31)/p+1/b29-15-/t22-,23+/m0/s1. The molecule has 0 bridgehead atoms. The number of rotatable bonds is 6. The summed E-state index contributed by atoms with van der Waals surface area (Å²) in [6.45, 7) is 0. The predicted molar refractivity (Wildman–Crippen MR) is 125 cm³/mol. The molecular weight excluding hydrogens is 442 g/mol. The zero-order valence-electron chi connectivity index (χ0n) is 18.1. The minimum Gasteiger partial charge on any atom is -0.497 e. The molecule has 1 saturated heterocycles. The second-order valence-electron chi connectivity index (χ2n) is 7.46. The van der Waals surface area contributed by atoms with Crippen LogP contribution in [0.4, 0.5) is 0 Å². The van der Waals surface area contributed by atoms with Crippen LogP contribution >= 0.6 is 11.6 Å². The SMILES string of the molecule is COc1ccc(/C=[N+]2\NC(=O)[C@@H](NC(=O)c3ccc(OC)cc3)[C@H]2c2ccc(Cl)cc2)cc1. The summed E-state index contributed by atoms with van der Waals surface area (Å²) in [5, 5.41) is 3.46. The van der Waals surface area contributed by atoms with Crippen molar-refractivity contribution >= 4 is 29.6 Å². The van der Waals surface area contributed by atoms with E-state index in [1.54, 1.807) is 55.3 Å². The Kier molecular flexibility index (Phi) is 6.60. The molecule has 8 heteroatoms. The Labute approximate surface area is 196 Å². The molecule has 7 nitrogen and oxygen atoms in total. The number of carbonyl (C=O) groups is 2. The summed E-state index contributed by atoms with van der Waals surface area (Å²) < 4.78 is 12.1. The number of hydrazine groups is 1. The van der Waals surface area contributed by atoms with Gasteiger partial charge < -0.3 is 14.8 Å². The quantitative estimate of drug-likeness (QED) is 0.548. The maximum absolute atomic E-state index is 12.9. The van der Waals surface area contributed by atoms with Gasteiger partial charge in [-0.3, -0.25) is 9.59 Å². The number of nitrogens with one attached hydrogen (secondary N) is 2. The van der Waals surface area contributed by atoms with E-state index in [1.165, 1.54) is 0 Å². The first-order chi connectivity index (χ1) is 16.0.